The highest BCUT2D eigenvalue weighted by molar-refractivity contribution is 5.01. The summed E-state index contributed by atoms with van der Waals surface area (Å²) in [5, 5.41) is 0. The van der Waals surface area contributed by atoms with Crippen LogP contribution in [-0.2, 0) is 28.4 Å². The summed E-state index contributed by atoms with van der Waals surface area (Å²) in [7, 11) is 4.91. The second kappa shape index (κ2) is 13.9. The van der Waals surface area contributed by atoms with Crippen molar-refractivity contribution in [3.63, 3.8) is 0 Å². The molecule has 24 heavy (non-hydrogen) atoms. The standard InChI is InChI=1S/C17H37NO6/c1-7-22-14(11-19-4)10-17(18,15(12-20-5)23-8-2)16(13-21-6)24-9-3/h14-16H,7-13,18H2,1-6H3. The molecule has 3 unspecified atom stereocenters. The summed E-state index contributed by atoms with van der Waals surface area (Å²) in [5.41, 5.74) is 6.01. The van der Waals surface area contributed by atoms with Crippen molar-refractivity contribution in [3.05, 3.63) is 0 Å². The van der Waals surface area contributed by atoms with Crippen LogP contribution in [0.5, 0.6) is 0 Å². The Morgan fingerprint density at radius 3 is 1.46 bits per heavy atom. The van der Waals surface area contributed by atoms with Crippen LogP contribution in [0.25, 0.3) is 0 Å². The van der Waals surface area contributed by atoms with Crippen LogP contribution < -0.4 is 5.73 Å². The lowest BCUT2D eigenvalue weighted by molar-refractivity contribution is -0.134. The van der Waals surface area contributed by atoms with E-state index in [1.54, 1.807) is 21.3 Å². The molecule has 0 saturated carbocycles. The molecule has 7 nitrogen and oxygen atoms in total. The first-order chi connectivity index (χ1) is 11.5. The second-order valence-corrected chi connectivity index (χ2v) is 5.65. The van der Waals surface area contributed by atoms with Crippen LogP contribution in [-0.4, -0.2) is 84.8 Å². The fourth-order valence-corrected chi connectivity index (χ4v) is 2.87. The van der Waals surface area contributed by atoms with Gasteiger partial charge in [0.15, 0.2) is 0 Å². The van der Waals surface area contributed by atoms with Gasteiger partial charge in [0.2, 0.25) is 0 Å². The van der Waals surface area contributed by atoms with Gasteiger partial charge in [0.25, 0.3) is 0 Å². The van der Waals surface area contributed by atoms with Gasteiger partial charge in [-0.1, -0.05) is 0 Å². The summed E-state index contributed by atoms with van der Waals surface area (Å²) in [4.78, 5) is 0. The van der Waals surface area contributed by atoms with Gasteiger partial charge in [-0.15, -0.1) is 0 Å². The molecule has 0 amide bonds. The maximum absolute atomic E-state index is 6.85. The third-order valence-corrected chi connectivity index (χ3v) is 3.91. The Labute approximate surface area is 147 Å². The Balaban J connectivity index is 5.54. The molecule has 0 aliphatic carbocycles. The minimum Gasteiger partial charge on any atom is -0.382 e. The number of nitrogens with two attached hydrogens (primary N) is 1. The summed E-state index contributed by atoms with van der Waals surface area (Å²) in [6.07, 6.45) is -0.348. The van der Waals surface area contributed by atoms with E-state index < -0.39 is 5.54 Å². The second-order valence-electron chi connectivity index (χ2n) is 5.65. The summed E-state index contributed by atoms with van der Waals surface area (Å²) in [6, 6.07) is 0. The molecule has 0 aromatic carbocycles. The van der Waals surface area contributed by atoms with Crippen LogP contribution in [0.4, 0.5) is 0 Å². The zero-order valence-electron chi connectivity index (χ0n) is 16.2. The van der Waals surface area contributed by atoms with Gasteiger partial charge in [0.1, 0.15) is 12.2 Å². The van der Waals surface area contributed by atoms with Gasteiger partial charge >= 0.3 is 0 Å². The molecule has 0 fully saturated rings. The monoisotopic (exact) mass is 351 g/mol. The van der Waals surface area contributed by atoms with Crippen LogP contribution >= 0.6 is 0 Å². The average molecular weight is 351 g/mol. The lowest BCUT2D eigenvalue weighted by Crippen LogP contribution is -2.65. The average Bonchev–Trinajstić information content (AvgIpc) is 2.55. The lowest BCUT2D eigenvalue weighted by Gasteiger charge is -2.43. The molecular weight excluding hydrogens is 314 g/mol. The molecular formula is C17H37NO6. The molecule has 3 atom stereocenters. The van der Waals surface area contributed by atoms with Crippen LogP contribution in [0, 0.1) is 0 Å². The molecule has 0 aliphatic rings. The van der Waals surface area contributed by atoms with E-state index in [0.717, 1.165) is 0 Å². The van der Waals surface area contributed by atoms with Crippen molar-refractivity contribution in [1.29, 1.82) is 0 Å². The summed E-state index contributed by atoms with van der Waals surface area (Å²) < 4.78 is 33.5. The maximum atomic E-state index is 6.85. The van der Waals surface area contributed by atoms with Crippen molar-refractivity contribution < 1.29 is 28.4 Å². The molecule has 0 saturated heterocycles. The van der Waals surface area contributed by atoms with E-state index in [2.05, 4.69) is 0 Å². The minimum absolute atomic E-state index is 0.162. The SMILES string of the molecule is CCOC(COC)CC(N)(C(COC)OCC)C(COC)OCC. The third-order valence-electron chi connectivity index (χ3n) is 3.91. The van der Waals surface area contributed by atoms with Crippen molar-refractivity contribution in [1.82, 2.24) is 0 Å². The van der Waals surface area contributed by atoms with Gasteiger partial charge in [-0.2, -0.15) is 0 Å². The first-order valence-corrected chi connectivity index (χ1v) is 8.64. The third kappa shape index (κ3) is 7.74. The van der Waals surface area contributed by atoms with Gasteiger partial charge < -0.3 is 34.2 Å². The molecule has 0 aliphatic heterocycles. The van der Waals surface area contributed by atoms with E-state index in [9.17, 15) is 0 Å². The summed E-state index contributed by atoms with van der Waals surface area (Å²) in [5.74, 6) is 0. The molecule has 7 heteroatoms. The topological polar surface area (TPSA) is 81.4 Å². The van der Waals surface area contributed by atoms with Crippen LogP contribution in [0.2, 0.25) is 0 Å². The molecule has 0 aromatic heterocycles. The zero-order valence-corrected chi connectivity index (χ0v) is 16.2. The van der Waals surface area contributed by atoms with E-state index in [-0.39, 0.29) is 18.3 Å². The van der Waals surface area contributed by atoms with Gasteiger partial charge in [-0.3, -0.25) is 0 Å². The zero-order chi connectivity index (χ0) is 18.4. The van der Waals surface area contributed by atoms with E-state index >= 15 is 0 Å². The molecule has 0 bridgehead atoms. The predicted octanol–water partition coefficient (Wildman–Crippen LogP) is 1.23. The van der Waals surface area contributed by atoms with Crippen molar-refractivity contribution in [3.8, 4) is 0 Å². The maximum Gasteiger partial charge on any atom is 0.101 e. The normalized spacial score (nSPS) is 18.1. The van der Waals surface area contributed by atoms with E-state index in [0.29, 0.717) is 46.1 Å². The number of rotatable bonds is 16. The van der Waals surface area contributed by atoms with Crippen molar-refractivity contribution in [2.24, 2.45) is 5.73 Å². The first-order valence-electron chi connectivity index (χ1n) is 8.64. The van der Waals surface area contributed by atoms with Crippen molar-refractivity contribution in [2.45, 2.75) is 51.0 Å². The number of ether oxygens (including phenoxy) is 6. The Bertz CT molecular complexity index is 258. The van der Waals surface area contributed by atoms with E-state index in [1.165, 1.54) is 0 Å². The lowest BCUT2D eigenvalue weighted by atomic mass is 9.81. The Morgan fingerprint density at radius 2 is 1.12 bits per heavy atom. The van der Waals surface area contributed by atoms with Crippen LogP contribution in [0.3, 0.4) is 0 Å². The Hall–Kier alpha value is -0.280. The highest BCUT2D eigenvalue weighted by Gasteiger charge is 2.45. The van der Waals surface area contributed by atoms with Crippen LogP contribution in [0.15, 0.2) is 0 Å². The van der Waals surface area contributed by atoms with Crippen LogP contribution in [0.1, 0.15) is 27.2 Å². The van der Waals surface area contributed by atoms with Crippen molar-refractivity contribution >= 4 is 0 Å². The minimum atomic E-state index is -0.837. The largest absolute Gasteiger partial charge is 0.382 e. The summed E-state index contributed by atoms with van der Waals surface area (Å²) >= 11 is 0. The fourth-order valence-electron chi connectivity index (χ4n) is 2.87. The molecule has 0 heterocycles. The molecule has 2 N–H and O–H groups in total. The fraction of sp³-hybridized carbons (Fsp3) is 1.00. The molecule has 0 radical (unpaired) electrons. The van der Waals surface area contributed by atoms with Crippen molar-refractivity contribution in [2.75, 3.05) is 61.0 Å². The molecule has 0 spiro atoms. The van der Waals surface area contributed by atoms with E-state index in [4.69, 9.17) is 34.2 Å². The number of hydrogen-bond donors (Lipinski definition) is 1. The summed E-state index contributed by atoms with van der Waals surface area (Å²) in [6.45, 7) is 8.64. The Kier molecular flexibility index (Phi) is 13.8. The van der Waals surface area contributed by atoms with E-state index in [1.807, 2.05) is 20.8 Å². The predicted molar refractivity (Wildman–Crippen MR) is 93.4 cm³/mol. The quantitative estimate of drug-likeness (QED) is 0.448. The smallest absolute Gasteiger partial charge is 0.101 e. The number of methoxy groups -OCH3 is 3. The molecule has 146 valence electrons. The Morgan fingerprint density at radius 1 is 0.708 bits per heavy atom. The highest BCUT2D eigenvalue weighted by Crippen LogP contribution is 2.27. The molecule has 0 aromatic rings. The molecule has 0 rings (SSSR count). The van der Waals surface area contributed by atoms with Gasteiger partial charge in [0.05, 0.1) is 31.5 Å². The van der Waals surface area contributed by atoms with Gasteiger partial charge in [-0.05, 0) is 27.2 Å². The van der Waals surface area contributed by atoms with Gasteiger partial charge in [0, 0.05) is 41.2 Å². The highest BCUT2D eigenvalue weighted by atomic mass is 16.5. The van der Waals surface area contributed by atoms with Gasteiger partial charge in [-0.25, -0.2) is 0 Å². The number of hydrogen-bond acceptors (Lipinski definition) is 7. The first kappa shape index (κ1) is 23.7.